The zero-order valence-corrected chi connectivity index (χ0v) is 15.2. The molecule has 0 radical (unpaired) electrons. The number of ether oxygens (including phenoxy) is 1. The van der Waals surface area contributed by atoms with E-state index >= 15 is 0 Å². The van der Waals surface area contributed by atoms with E-state index in [4.69, 9.17) is 4.74 Å². The number of amides is 1. The van der Waals surface area contributed by atoms with Crippen LogP contribution in [0.25, 0.3) is 0 Å². The number of para-hydroxylation sites is 1. The van der Waals surface area contributed by atoms with E-state index in [0.29, 0.717) is 25.1 Å². The first-order valence-corrected chi connectivity index (χ1v) is 9.02. The third-order valence-corrected chi connectivity index (χ3v) is 5.15. The summed E-state index contributed by atoms with van der Waals surface area (Å²) in [4.78, 5) is 12.4. The van der Waals surface area contributed by atoms with Gasteiger partial charge in [0.1, 0.15) is 5.75 Å². The van der Waals surface area contributed by atoms with Crippen molar-refractivity contribution in [1.82, 2.24) is 10.6 Å². The summed E-state index contributed by atoms with van der Waals surface area (Å²) < 4.78 is 5.63. The van der Waals surface area contributed by atoms with Gasteiger partial charge in [-0.3, -0.25) is 4.79 Å². The Bertz CT molecular complexity index is 524. The summed E-state index contributed by atoms with van der Waals surface area (Å²) in [5, 5.41) is 6.63. The normalized spacial score (nSPS) is 25.5. The third kappa shape index (κ3) is 4.64. The van der Waals surface area contributed by atoms with Crippen molar-refractivity contribution in [2.75, 3.05) is 13.2 Å². The average Bonchev–Trinajstić information content (AvgIpc) is 3.01. The molecule has 1 aromatic carbocycles. The van der Waals surface area contributed by atoms with Crippen LogP contribution in [0.15, 0.2) is 24.3 Å². The molecule has 3 unspecified atom stereocenters. The summed E-state index contributed by atoms with van der Waals surface area (Å²) in [7, 11) is 0. The van der Waals surface area contributed by atoms with Crippen LogP contribution in [0.3, 0.4) is 0 Å². The molecule has 2 aliphatic rings. The molecular weight excluding hydrogens is 324 g/mol. The molecule has 24 heavy (non-hydrogen) atoms. The van der Waals surface area contributed by atoms with Gasteiger partial charge in [0.05, 0.1) is 12.6 Å². The van der Waals surface area contributed by atoms with Crippen LogP contribution in [-0.2, 0) is 11.2 Å². The van der Waals surface area contributed by atoms with Crippen molar-refractivity contribution < 1.29 is 9.53 Å². The first kappa shape index (κ1) is 19.1. The third-order valence-electron chi connectivity index (χ3n) is 5.15. The second-order valence-electron chi connectivity index (χ2n) is 6.69. The van der Waals surface area contributed by atoms with Crippen LogP contribution in [0.5, 0.6) is 5.75 Å². The molecule has 1 amide bonds. The van der Waals surface area contributed by atoms with E-state index in [9.17, 15) is 4.79 Å². The summed E-state index contributed by atoms with van der Waals surface area (Å²) in [6.07, 6.45) is 6.95. The Kier molecular flexibility index (Phi) is 7.38. The molecule has 1 saturated carbocycles. The van der Waals surface area contributed by atoms with Crippen molar-refractivity contribution >= 4 is 18.3 Å². The fraction of sp³-hybridized carbons (Fsp3) is 0.632. The maximum Gasteiger partial charge on any atom is 0.237 e. The van der Waals surface area contributed by atoms with E-state index in [1.54, 1.807) is 0 Å². The lowest BCUT2D eigenvalue weighted by molar-refractivity contribution is -0.122. The second kappa shape index (κ2) is 9.28. The van der Waals surface area contributed by atoms with Crippen LogP contribution >= 0.6 is 12.4 Å². The number of hydrogen-bond donors (Lipinski definition) is 2. The second-order valence-corrected chi connectivity index (χ2v) is 6.69. The van der Waals surface area contributed by atoms with Gasteiger partial charge in [-0.1, -0.05) is 31.0 Å². The molecular formula is C19H29ClN2O2. The van der Waals surface area contributed by atoms with Crippen molar-refractivity contribution in [3.63, 3.8) is 0 Å². The fourth-order valence-corrected chi connectivity index (χ4v) is 3.97. The van der Waals surface area contributed by atoms with Gasteiger partial charge < -0.3 is 15.4 Å². The number of rotatable bonds is 6. The first-order valence-electron chi connectivity index (χ1n) is 9.02. The molecule has 3 atom stereocenters. The van der Waals surface area contributed by atoms with Gasteiger partial charge in [-0.05, 0) is 50.2 Å². The van der Waals surface area contributed by atoms with Gasteiger partial charge in [-0.15, -0.1) is 12.4 Å². The van der Waals surface area contributed by atoms with Crippen LogP contribution in [0.1, 0.15) is 44.6 Å². The van der Waals surface area contributed by atoms with Crippen LogP contribution < -0.4 is 15.4 Å². The highest BCUT2D eigenvalue weighted by atomic mass is 35.5. The Hall–Kier alpha value is -1.26. The van der Waals surface area contributed by atoms with E-state index in [2.05, 4.69) is 16.7 Å². The molecule has 4 nitrogen and oxygen atoms in total. The van der Waals surface area contributed by atoms with Gasteiger partial charge in [0.2, 0.25) is 5.91 Å². The maximum atomic E-state index is 12.4. The van der Waals surface area contributed by atoms with Crippen LogP contribution in [0.2, 0.25) is 0 Å². The zero-order chi connectivity index (χ0) is 16.1. The monoisotopic (exact) mass is 352 g/mol. The molecule has 0 spiro atoms. The molecule has 2 N–H and O–H groups in total. The minimum absolute atomic E-state index is 0. The van der Waals surface area contributed by atoms with E-state index in [1.165, 1.54) is 25.7 Å². The zero-order valence-electron chi connectivity index (χ0n) is 14.4. The molecule has 1 aliphatic heterocycles. The highest BCUT2D eigenvalue weighted by Gasteiger charge is 2.37. The lowest BCUT2D eigenvalue weighted by Crippen LogP contribution is -2.43. The van der Waals surface area contributed by atoms with Gasteiger partial charge in [-0.25, -0.2) is 0 Å². The quantitative estimate of drug-likeness (QED) is 0.827. The molecule has 5 heteroatoms. The van der Waals surface area contributed by atoms with Crippen LogP contribution in [0.4, 0.5) is 0 Å². The number of halogens is 1. The number of nitrogens with one attached hydrogen (secondary N) is 2. The van der Waals surface area contributed by atoms with Gasteiger partial charge in [0.15, 0.2) is 0 Å². The number of benzene rings is 1. The fourth-order valence-electron chi connectivity index (χ4n) is 3.97. The van der Waals surface area contributed by atoms with Crippen molar-refractivity contribution in [2.45, 2.75) is 57.5 Å². The highest BCUT2D eigenvalue weighted by Crippen LogP contribution is 2.33. The van der Waals surface area contributed by atoms with Gasteiger partial charge >= 0.3 is 0 Å². The first-order chi connectivity index (χ1) is 11.3. The number of carbonyl (C=O) groups is 1. The summed E-state index contributed by atoms with van der Waals surface area (Å²) in [6, 6.07) is 8.63. The molecule has 1 aliphatic carbocycles. The van der Waals surface area contributed by atoms with Crippen molar-refractivity contribution in [1.29, 1.82) is 0 Å². The number of fused-ring (bicyclic) bond motifs is 1. The largest absolute Gasteiger partial charge is 0.494 e. The minimum atomic E-state index is 0. The Morgan fingerprint density at radius 3 is 2.88 bits per heavy atom. The molecule has 3 rings (SSSR count). The topological polar surface area (TPSA) is 50.4 Å². The smallest absolute Gasteiger partial charge is 0.237 e. The van der Waals surface area contributed by atoms with E-state index in [-0.39, 0.29) is 24.4 Å². The van der Waals surface area contributed by atoms with Gasteiger partial charge in [0, 0.05) is 12.6 Å². The predicted octanol–water partition coefficient (Wildman–Crippen LogP) is 3.09. The SMILES string of the molecule is CCOc1ccccc1CCNC(=O)C1CC2CCCCC2N1.Cl. The van der Waals surface area contributed by atoms with Crippen molar-refractivity contribution in [2.24, 2.45) is 5.92 Å². The van der Waals surface area contributed by atoms with E-state index in [1.807, 2.05) is 25.1 Å². The highest BCUT2D eigenvalue weighted by molar-refractivity contribution is 5.85. The molecule has 134 valence electrons. The maximum absolute atomic E-state index is 12.4. The Labute approximate surface area is 151 Å². The van der Waals surface area contributed by atoms with Gasteiger partial charge in [0.25, 0.3) is 0 Å². The standard InChI is InChI=1S/C19H28N2O2.ClH/c1-2-23-18-10-6-4-7-14(18)11-12-20-19(22)17-13-15-8-3-5-9-16(15)21-17;/h4,6-7,10,15-17,21H,2-3,5,8-9,11-13H2,1H3,(H,20,22);1H. The molecule has 1 saturated heterocycles. The van der Waals surface area contributed by atoms with E-state index in [0.717, 1.165) is 24.2 Å². The van der Waals surface area contributed by atoms with Crippen LogP contribution in [-0.4, -0.2) is 31.1 Å². The summed E-state index contributed by atoms with van der Waals surface area (Å²) >= 11 is 0. The Morgan fingerprint density at radius 2 is 2.08 bits per heavy atom. The summed E-state index contributed by atoms with van der Waals surface area (Å²) in [5.41, 5.74) is 1.16. The Morgan fingerprint density at radius 1 is 1.29 bits per heavy atom. The average molecular weight is 353 g/mol. The summed E-state index contributed by atoms with van der Waals surface area (Å²) in [5.74, 6) is 1.79. The lowest BCUT2D eigenvalue weighted by atomic mass is 9.85. The molecule has 0 aromatic heterocycles. The molecule has 1 heterocycles. The van der Waals surface area contributed by atoms with Gasteiger partial charge in [-0.2, -0.15) is 0 Å². The lowest BCUT2D eigenvalue weighted by Gasteiger charge is -2.24. The summed E-state index contributed by atoms with van der Waals surface area (Å²) in [6.45, 7) is 3.32. The van der Waals surface area contributed by atoms with E-state index < -0.39 is 0 Å². The minimum Gasteiger partial charge on any atom is -0.494 e. The molecule has 1 aromatic rings. The molecule has 0 bridgehead atoms. The van der Waals surface area contributed by atoms with Crippen molar-refractivity contribution in [3.05, 3.63) is 29.8 Å². The van der Waals surface area contributed by atoms with Crippen LogP contribution in [0, 0.1) is 5.92 Å². The number of hydrogen-bond acceptors (Lipinski definition) is 3. The van der Waals surface area contributed by atoms with Crippen molar-refractivity contribution in [3.8, 4) is 5.75 Å². The molecule has 2 fully saturated rings. The Balaban J connectivity index is 0.00000208. The predicted molar refractivity (Wildman–Crippen MR) is 98.9 cm³/mol. The number of carbonyl (C=O) groups excluding carboxylic acids is 1.